The normalized spacial score (nSPS) is 17.5. The van der Waals surface area contributed by atoms with Crippen LogP contribution in [0.1, 0.15) is 71.0 Å². The quantitative estimate of drug-likeness (QED) is 0.268. The maximum Gasteiger partial charge on any atom is 0.408 e. The summed E-state index contributed by atoms with van der Waals surface area (Å²) in [6.07, 6.45) is 4.83. The number of nitrogens with two attached hydrogens (primary N) is 1. The summed E-state index contributed by atoms with van der Waals surface area (Å²) < 4.78 is 10.2. The highest BCUT2D eigenvalue weighted by Gasteiger charge is 2.48. The molecule has 2 rings (SSSR count). The zero-order valence-corrected chi connectivity index (χ0v) is 23.1. The lowest BCUT2D eigenvalue weighted by molar-refractivity contribution is -0.145. The van der Waals surface area contributed by atoms with Gasteiger partial charge in [0.15, 0.2) is 0 Å². The molecule has 1 aromatic carbocycles. The van der Waals surface area contributed by atoms with Crippen LogP contribution in [-0.2, 0) is 28.7 Å². The first-order valence-electron chi connectivity index (χ1n) is 12.9. The summed E-state index contributed by atoms with van der Waals surface area (Å²) in [7, 11) is 0. The van der Waals surface area contributed by atoms with E-state index in [2.05, 4.69) is 16.6 Å². The predicted octanol–water partition coefficient (Wildman–Crippen LogP) is 1.78. The van der Waals surface area contributed by atoms with Gasteiger partial charge in [-0.15, -0.1) is 6.42 Å². The van der Waals surface area contributed by atoms with Gasteiger partial charge in [0, 0.05) is 18.2 Å². The Balaban J connectivity index is 2.49. The molecule has 11 heteroatoms. The van der Waals surface area contributed by atoms with Gasteiger partial charge >= 0.3 is 12.1 Å². The fourth-order valence-electron chi connectivity index (χ4n) is 4.11. The van der Waals surface area contributed by atoms with E-state index in [1.807, 2.05) is 6.92 Å². The number of hydrogen-bond donors (Lipinski definition) is 3. The Morgan fingerprint density at radius 3 is 2.38 bits per heavy atom. The number of esters is 1. The average molecular weight is 543 g/mol. The van der Waals surface area contributed by atoms with Crippen LogP contribution in [0.15, 0.2) is 24.3 Å². The van der Waals surface area contributed by atoms with E-state index in [9.17, 15) is 24.0 Å². The molecule has 1 saturated carbocycles. The summed E-state index contributed by atoms with van der Waals surface area (Å²) >= 11 is 0. The molecule has 0 aliphatic heterocycles. The van der Waals surface area contributed by atoms with Crippen LogP contribution in [0.4, 0.5) is 4.79 Å². The Labute approximate surface area is 229 Å². The minimum Gasteiger partial charge on any atom is -0.466 e. The average Bonchev–Trinajstić information content (AvgIpc) is 3.55. The van der Waals surface area contributed by atoms with Crippen molar-refractivity contribution in [2.45, 2.75) is 77.6 Å². The molecule has 0 spiro atoms. The van der Waals surface area contributed by atoms with Crippen LogP contribution in [0.2, 0.25) is 0 Å². The zero-order chi connectivity index (χ0) is 29.3. The van der Waals surface area contributed by atoms with Gasteiger partial charge in [0.1, 0.15) is 17.7 Å². The van der Waals surface area contributed by atoms with Crippen LogP contribution >= 0.6 is 0 Å². The summed E-state index contributed by atoms with van der Waals surface area (Å²) in [5, 5.41) is 5.14. The number of alkyl carbamates (subject to hydrolysis) is 1. The molecule has 0 saturated heterocycles. The minimum atomic E-state index is -1.39. The molecule has 1 aromatic rings. The third kappa shape index (κ3) is 9.32. The van der Waals surface area contributed by atoms with E-state index in [4.69, 9.17) is 21.6 Å². The van der Waals surface area contributed by atoms with Crippen molar-refractivity contribution < 1.29 is 33.4 Å². The molecule has 1 aliphatic carbocycles. The Morgan fingerprint density at radius 1 is 1.21 bits per heavy atom. The zero-order valence-electron chi connectivity index (χ0n) is 23.1. The molecule has 1 aliphatic rings. The number of primary amides is 1. The standard InChI is InChI=1S/C28H38N4O7/c1-7-18-11-9-10-12-19(18)24(25(35)30-14-13-23(34)38-8-2)32(21-15-17(21)3)26(36)20(16-22(29)33)31-27(37)39-28(4,5)6/h1,9-12,17,20-21,24H,8,13-16H2,2-6H3,(H2,29,33)(H,30,35)(H,31,37). The van der Waals surface area contributed by atoms with E-state index >= 15 is 0 Å². The van der Waals surface area contributed by atoms with E-state index in [0.717, 1.165) is 0 Å². The second-order valence-electron chi connectivity index (χ2n) is 10.4. The number of nitrogens with one attached hydrogen (secondary N) is 2. The van der Waals surface area contributed by atoms with Gasteiger partial charge in [-0.2, -0.15) is 0 Å². The smallest absolute Gasteiger partial charge is 0.408 e. The van der Waals surface area contributed by atoms with Crippen LogP contribution in [0, 0.1) is 18.3 Å². The van der Waals surface area contributed by atoms with Gasteiger partial charge in [0.05, 0.1) is 19.4 Å². The molecule has 4 unspecified atom stereocenters. The highest BCUT2D eigenvalue weighted by molar-refractivity contribution is 5.95. The van der Waals surface area contributed by atoms with E-state index in [-0.39, 0.29) is 31.5 Å². The number of carbonyl (C=O) groups excluding carboxylic acids is 5. The van der Waals surface area contributed by atoms with E-state index in [0.29, 0.717) is 17.5 Å². The maximum absolute atomic E-state index is 14.0. The molecule has 0 radical (unpaired) electrons. The largest absolute Gasteiger partial charge is 0.466 e. The van der Waals surface area contributed by atoms with Gasteiger partial charge in [-0.3, -0.25) is 19.2 Å². The van der Waals surface area contributed by atoms with Crippen molar-refractivity contribution >= 4 is 29.8 Å². The predicted molar refractivity (Wildman–Crippen MR) is 143 cm³/mol. The van der Waals surface area contributed by atoms with Crippen molar-refractivity contribution in [2.75, 3.05) is 13.2 Å². The first-order chi connectivity index (χ1) is 18.3. The van der Waals surface area contributed by atoms with E-state index in [1.165, 1.54) is 4.90 Å². The highest BCUT2D eigenvalue weighted by atomic mass is 16.6. The van der Waals surface area contributed by atoms with Crippen LogP contribution in [0.5, 0.6) is 0 Å². The number of rotatable bonds is 12. The maximum atomic E-state index is 14.0. The van der Waals surface area contributed by atoms with E-state index in [1.54, 1.807) is 52.0 Å². The van der Waals surface area contributed by atoms with Crippen molar-refractivity contribution in [3.63, 3.8) is 0 Å². The number of benzene rings is 1. The topological polar surface area (TPSA) is 157 Å². The number of amides is 4. The van der Waals surface area contributed by atoms with Crippen molar-refractivity contribution in [3.8, 4) is 12.3 Å². The lowest BCUT2D eigenvalue weighted by Gasteiger charge is -2.35. The number of carbonyl (C=O) groups is 5. The summed E-state index contributed by atoms with van der Waals surface area (Å²) in [5.41, 5.74) is 5.33. The fraction of sp³-hybridized carbons (Fsp3) is 0.536. The molecule has 0 heterocycles. The summed E-state index contributed by atoms with van der Waals surface area (Å²) in [6.45, 7) is 8.74. The molecular weight excluding hydrogens is 504 g/mol. The second-order valence-corrected chi connectivity index (χ2v) is 10.4. The summed E-state index contributed by atoms with van der Waals surface area (Å²) in [4.78, 5) is 65.3. The van der Waals surface area contributed by atoms with Gasteiger partial charge in [-0.25, -0.2) is 4.79 Å². The van der Waals surface area contributed by atoms with Crippen molar-refractivity contribution in [1.29, 1.82) is 0 Å². The molecular formula is C28H38N4O7. The number of nitrogens with zero attached hydrogens (tertiary/aromatic N) is 1. The van der Waals surface area contributed by atoms with Gasteiger partial charge < -0.3 is 30.7 Å². The van der Waals surface area contributed by atoms with Crippen molar-refractivity contribution in [3.05, 3.63) is 35.4 Å². The molecule has 39 heavy (non-hydrogen) atoms. The minimum absolute atomic E-state index is 0.0322. The van der Waals surface area contributed by atoms with Gasteiger partial charge in [0.2, 0.25) is 17.7 Å². The Kier molecular flexibility index (Phi) is 10.9. The SMILES string of the molecule is C#Cc1ccccc1C(C(=O)NCCC(=O)OCC)N(C(=O)C(CC(N)=O)NC(=O)OC(C)(C)C)C1CC1C. The molecule has 4 atom stereocenters. The third-order valence-electron chi connectivity index (χ3n) is 5.94. The Hall–Kier alpha value is -4.07. The van der Waals surface area contributed by atoms with Crippen LogP contribution in [-0.4, -0.2) is 65.5 Å². The fourth-order valence-corrected chi connectivity index (χ4v) is 4.11. The van der Waals surface area contributed by atoms with Gasteiger partial charge in [-0.1, -0.05) is 31.0 Å². The van der Waals surface area contributed by atoms with Crippen LogP contribution in [0.3, 0.4) is 0 Å². The molecule has 4 N–H and O–H groups in total. The second kappa shape index (κ2) is 13.6. The summed E-state index contributed by atoms with van der Waals surface area (Å²) in [6, 6.07) is 3.71. The van der Waals surface area contributed by atoms with Crippen molar-refractivity contribution in [1.82, 2.24) is 15.5 Å². The van der Waals surface area contributed by atoms with Gasteiger partial charge in [-0.05, 0) is 51.7 Å². The first kappa shape index (κ1) is 31.1. The monoisotopic (exact) mass is 542 g/mol. The Morgan fingerprint density at radius 2 is 1.85 bits per heavy atom. The number of ether oxygens (including phenoxy) is 2. The number of terminal acetylenes is 1. The van der Waals surface area contributed by atoms with E-state index < -0.39 is 53.9 Å². The van der Waals surface area contributed by atoms with Crippen LogP contribution in [0.25, 0.3) is 0 Å². The lowest BCUT2D eigenvalue weighted by atomic mass is 9.97. The molecule has 11 nitrogen and oxygen atoms in total. The first-order valence-corrected chi connectivity index (χ1v) is 12.9. The highest BCUT2D eigenvalue weighted by Crippen LogP contribution is 2.41. The summed E-state index contributed by atoms with van der Waals surface area (Å²) in [5.74, 6) is 0.0140. The van der Waals surface area contributed by atoms with Crippen LogP contribution < -0.4 is 16.4 Å². The Bertz CT molecular complexity index is 1120. The lowest BCUT2D eigenvalue weighted by Crippen LogP contribution is -2.55. The van der Waals surface area contributed by atoms with Gasteiger partial charge in [0.25, 0.3) is 0 Å². The number of hydrogen-bond acceptors (Lipinski definition) is 7. The molecule has 1 fully saturated rings. The molecule has 0 bridgehead atoms. The molecule has 212 valence electrons. The molecule has 4 amide bonds. The van der Waals surface area contributed by atoms with Crippen molar-refractivity contribution in [2.24, 2.45) is 11.7 Å². The molecule has 0 aromatic heterocycles. The third-order valence-corrected chi connectivity index (χ3v) is 5.94.